The number of nitrogens with one attached hydrogen (secondary N) is 1. The number of nitrogens with two attached hydrogens (primary N) is 1. The van der Waals surface area contributed by atoms with Crippen molar-refractivity contribution in [3.63, 3.8) is 0 Å². The Morgan fingerprint density at radius 2 is 2.15 bits per heavy atom. The third kappa shape index (κ3) is 4.63. The first-order valence-corrected chi connectivity index (χ1v) is 9.11. The van der Waals surface area contributed by atoms with Crippen molar-refractivity contribution < 1.29 is 14.3 Å². The number of carbonyl (C=O) groups excluding carboxylic acids is 2. The Labute approximate surface area is 162 Å². The highest BCUT2D eigenvalue weighted by atomic mass is 35.5. The van der Waals surface area contributed by atoms with E-state index in [1.54, 1.807) is 35.8 Å². The lowest BCUT2D eigenvalue weighted by Gasteiger charge is -2.18. The van der Waals surface area contributed by atoms with Crippen LogP contribution in [-0.2, 0) is 16.1 Å². The average Bonchev–Trinajstić information content (AvgIpc) is 3.09. The van der Waals surface area contributed by atoms with Crippen molar-refractivity contribution in [3.05, 3.63) is 68.5 Å². The van der Waals surface area contributed by atoms with Gasteiger partial charge in [-0.1, -0.05) is 29.8 Å². The number of carbonyl (C=O) groups is 2. The molecule has 0 aliphatic rings. The number of rotatable bonds is 6. The van der Waals surface area contributed by atoms with E-state index in [0.29, 0.717) is 21.2 Å². The lowest BCUT2D eigenvalue weighted by Crippen LogP contribution is -2.34. The van der Waals surface area contributed by atoms with Crippen LogP contribution < -0.4 is 16.6 Å². The number of hydrogen-bond donors (Lipinski definition) is 2. The molecule has 3 rings (SSSR count). The number of ether oxygens (including phenoxy) is 1. The number of thiazole rings is 1. The van der Waals surface area contributed by atoms with Crippen LogP contribution in [0, 0.1) is 0 Å². The molecule has 0 fully saturated rings. The quantitative estimate of drug-likeness (QED) is 0.609. The fraction of sp³-hybridized carbons (Fsp3) is 0.176. The second-order valence-electron chi connectivity index (χ2n) is 5.59. The van der Waals surface area contributed by atoms with Crippen molar-refractivity contribution in [3.8, 4) is 0 Å². The van der Waals surface area contributed by atoms with Crippen molar-refractivity contribution in [2.45, 2.75) is 19.1 Å². The standard InChI is InChI=1S/C17H15ClN4O4S/c18-12-4-2-1-3-11(12)13(21-16(19)25)8-15(24)26-9-10-7-14(23)22-5-6-27-17(22)20-10/h1-7,13H,8-9H2,(H3,19,21,25)/t13-/m1/s1. The number of fused-ring (bicyclic) bond motifs is 1. The van der Waals surface area contributed by atoms with Crippen LogP contribution in [0.1, 0.15) is 23.7 Å². The zero-order chi connectivity index (χ0) is 19.4. The summed E-state index contributed by atoms with van der Waals surface area (Å²) in [5.41, 5.74) is 5.82. The van der Waals surface area contributed by atoms with E-state index in [9.17, 15) is 14.4 Å². The molecule has 0 bridgehead atoms. The molecule has 0 saturated carbocycles. The Kier molecular flexibility index (Phi) is 5.72. The van der Waals surface area contributed by atoms with Gasteiger partial charge in [0, 0.05) is 22.7 Å². The van der Waals surface area contributed by atoms with Crippen LogP contribution >= 0.6 is 22.9 Å². The molecule has 2 aromatic heterocycles. The Hall–Kier alpha value is -2.91. The number of hydrogen-bond acceptors (Lipinski definition) is 6. The van der Waals surface area contributed by atoms with Gasteiger partial charge in [-0.2, -0.15) is 0 Å². The van der Waals surface area contributed by atoms with Crippen molar-refractivity contribution in [2.75, 3.05) is 0 Å². The second kappa shape index (κ2) is 8.19. The summed E-state index contributed by atoms with van der Waals surface area (Å²) >= 11 is 7.43. The summed E-state index contributed by atoms with van der Waals surface area (Å²) < 4.78 is 6.60. The number of amides is 2. The normalized spacial score (nSPS) is 11.9. The zero-order valence-corrected chi connectivity index (χ0v) is 15.5. The van der Waals surface area contributed by atoms with Gasteiger partial charge in [-0.25, -0.2) is 9.78 Å². The molecule has 3 N–H and O–H groups in total. The maximum Gasteiger partial charge on any atom is 0.312 e. The van der Waals surface area contributed by atoms with Gasteiger partial charge < -0.3 is 15.8 Å². The minimum atomic E-state index is -0.787. The van der Waals surface area contributed by atoms with Crippen molar-refractivity contribution in [1.82, 2.24) is 14.7 Å². The number of nitrogens with zero attached hydrogens (tertiary/aromatic N) is 2. The topological polar surface area (TPSA) is 116 Å². The third-order valence-corrected chi connectivity index (χ3v) is 4.81. The predicted molar refractivity (Wildman–Crippen MR) is 101 cm³/mol. The van der Waals surface area contributed by atoms with E-state index in [0.717, 1.165) is 0 Å². The molecule has 2 heterocycles. The smallest absolute Gasteiger partial charge is 0.312 e. The molecular weight excluding hydrogens is 392 g/mol. The van der Waals surface area contributed by atoms with Crippen molar-refractivity contribution in [2.24, 2.45) is 5.73 Å². The van der Waals surface area contributed by atoms with Crippen LogP contribution in [0.4, 0.5) is 4.79 Å². The van der Waals surface area contributed by atoms with Crippen LogP contribution in [0.25, 0.3) is 4.96 Å². The minimum absolute atomic E-state index is 0.158. The van der Waals surface area contributed by atoms with Crippen molar-refractivity contribution in [1.29, 1.82) is 0 Å². The van der Waals surface area contributed by atoms with E-state index in [1.807, 2.05) is 0 Å². The average molecular weight is 407 g/mol. The van der Waals surface area contributed by atoms with E-state index in [4.69, 9.17) is 22.1 Å². The Bertz CT molecular complexity index is 1050. The maximum atomic E-state index is 12.2. The van der Waals surface area contributed by atoms with Gasteiger partial charge in [0.2, 0.25) is 0 Å². The monoisotopic (exact) mass is 406 g/mol. The molecule has 2 amide bonds. The van der Waals surface area contributed by atoms with E-state index in [-0.39, 0.29) is 18.6 Å². The lowest BCUT2D eigenvalue weighted by molar-refractivity contribution is -0.145. The molecule has 1 aromatic carbocycles. The summed E-state index contributed by atoms with van der Waals surface area (Å²) in [5, 5.41) is 4.61. The van der Waals surface area contributed by atoms with Gasteiger partial charge in [0.25, 0.3) is 5.56 Å². The van der Waals surface area contributed by atoms with Gasteiger partial charge >= 0.3 is 12.0 Å². The van der Waals surface area contributed by atoms with E-state index in [2.05, 4.69) is 10.3 Å². The van der Waals surface area contributed by atoms with Crippen LogP contribution in [0.2, 0.25) is 5.02 Å². The number of primary amides is 1. The van der Waals surface area contributed by atoms with E-state index >= 15 is 0 Å². The van der Waals surface area contributed by atoms with Crippen LogP contribution in [0.3, 0.4) is 0 Å². The highest BCUT2D eigenvalue weighted by Crippen LogP contribution is 2.25. The Balaban J connectivity index is 1.69. The first-order chi connectivity index (χ1) is 12.9. The Morgan fingerprint density at radius 1 is 1.37 bits per heavy atom. The van der Waals surface area contributed by atoms with Crippen LogP contribution in [0.5, 0.6) is 0 Å². The van der Waals surface area contributed by atoms with Crippen molar-refractivity contribution >= 4 is 39.9 Å². The number of halogens is 1. The third-order valence-electron chi connectivity index (χ3n) is 3.71. The first-order valence-electron chi connectivity index (χ1n) is 7.86. The fourth-order valence-electron chi connectivity index (χ4n) is 2.51. The molecular formula is C17H15ClN4O4S. The SMILES string of the molecule is NC(=O)N[C@H](CC(=O)OCc1cc(=O)n2ccsc2n1)c1ccccc1Cl. The van der Waals surface area contributed by atoms with Crippen LogP contribution in [-0.4, -0.2) is 21.4 Å². The molecule has 3 aromatic rings. The molecule has 0 spiro atoms. The molecule has 0 aliphatic carbocycles. The Morgan fingerprint density at radius 3 is 2.89 bits per heavy atom. The number of esters is 1. The molecule has 10 heteroatoms. The highest BCUT2D eigenvalue weighted by Gasteiger charge is 2.21. The van der Waals surface area contributed by atoms with Crippen LogP contribution in [0.15, 0.2) is 46.7 Å². The predicted octanol–water partition coefficient (Wildman–Crippen LogP) is 2.25. The molecule has 0 saturated heterocycles. The second-order valence-corrected chi connectivity index (χ2v) is 6.87. The molecule has 140 valence electrons. The molecule has 0 aliphatic heterocycles. The van der Waals surface area contributed by atoms with Gasteiger partial charge in [-0.3, -0.25) is 14.0 Å². The summed E-state index contributed by atoms with van der Waals surface area (Å²) in [6.07, 6.45) is 1.45. The summed E-state index contributed by atoms with van der Waals surface area (Å²) in [6, 6.07) is 6.58. The van der Waals surface area contributed by atoms with Gasteiger partial charge in [-0.15, -0.1) is 11.3 Å². The fourth-order valence-corrected chi connectivity index (χ4v) is 3.52. The van der Waals surface area contributed by atoms with Gasteiger partial charge in [0.1, 0.15) is 6.61 Å². The first kappa shape index (κ1) is 18.9. The zero-order valence-electron chi connectivity index (χ0n) is 13.9. The molecule has 1 atom stereocenters. The summed E-state index contributed by atoms with van der Waals surface area (Å²) in [7, 11) is 0. The van der Waals surface area contributed by atoms with E-state index in [1.165, 1.54) is 21.8 Å². The van der Waals surface area contributed by atoms with Gasteiger partial charge in [0.05, 0.1) is 18.2 Å². The highest BCUT2D eigenvalue weighted by molar-refractivity contribution is 7.15. The molecule has 27 heavy (non-hydrogen) atoms. The van der Waals surface area contributed by atoms with Gasteiger partial charge in [-0.05, 0) is 11.6 Å². The maximum absolute atomic E-state index is 12.2. The minimum Gasteiger partial charge on any atom is -0.459 e. The summed E-state index contributed by atoms with van der Waals surface area (Å²) in [5.74, 6) is -0.596. The summed E-state index contributed by atoms with van der Waals surface area (Å²) in [6.45, 7) is -0.158. The molecule has 8 nitrogen and oxygen atoms in total. The number of urea groups is 1. The van der Waals surface area contributed by atoms with E-state index < -0.39 is 18.0 Å². The van der Waals surface area contributed by atoms with Gasteiger partial charge in [0.15, 0.2) is 4.96 Å². The number of benzene rings is 1. The summed E-state index contributed by atoms with van der Waals surface area (Å²) in [4.78, 5) is 40.2. The lowest BCUT2D eigenvalue weighted by atomic mass is 10.0. The number of aromatic nitrogens is 2. The molecule has 0 unspecified atom stereocenters. The largest absolute Gasteiger partial charge is 0.459 e. The molecule has 0 radical (unpaired) electrons.